The van der Waals surface area contributed by atoms with Gasteiger partial charge in [-0.1, -0.05) is 24.3 Å². The minimum absolute atomic E-state index is 0.0653. The lowest BCUT2D eigenvalue weighted by atomic mass is 10.1. The zero-order chi connectivity index (χ0) is 15.1. The molecule has 5 heteroatoms. The van der Waals surface area contributed by atoms with Gasteiger partial charge < -0.3 is 20.5 Å². The van der Waals surface area contributed by atoms with Gasteiger partial charge in [0, 0.05) is 25.1 Å². The van der Waals surface area contributed by atoms with Crippen LogP contribution in [-0.2, 0) is 17.9 Å². The molecule has 3 N–H and O–H groups in total. The lowest BCUT2D eigenvalue weighted by Crippen LogP contribution is -2.39. The first-order valence-corrected chi connectivity index (χ1v) is 7.46. The van der Waals surface area contributed by atoms with Crippen molar-refractivity contribution < 1.29 is 14.6 Å². The van der Waals surface area contributed by atoms with Crippen molar-refractivity contribution in [2.24, 2.45) is 5.41 Å². The Balaban J connectivity index is 1.78. The van der Waals surface area contributed by atoms with Gasteiger partial charge in [0.15, 0.2) is 0 Å². The summed E-state index contributed by atoms with van der Waals surface area (Å²) in [5.74, 6) is 0. The maximum atomic E-state index is 11.8. The average molecular weight is 292 g/mol. The van der Waals surface area contributed by atoms with Gasteiger partial charge in [0.1, 0.15) is 0 Å². The Bertz CT molecular complexity index is 472. The van der Waals surface area contributed by atoms with Crippen LogP contribution in [0.1, 0.15) is 30.9 Å². The molecule has 5 nitrogen and oxygen atoms in total. The monoisotopic (exact) mass is 292 g/mol. The number of rotatable bonds is 8. The van der Waals surface area contributed by atoms with Crippen LogP contribution in [0, 0.1) is 5.41 Å². The number of aliphatic hydroxyl groups is 1. The van der Waals surface area contributed by atoms with Crippen LogP contribution in [0.4, 0.5) is 4.79 Å². The highest BCUT2D eigenvalue weighted by molar-refractivity contribution is 5.73. The van der Waals surface area contributed by atoms with E-state index in [0.717, 1.165) is 24.0 Å². The average Bonchev–Trinajstić information content (AvgIpc) is 3.30. The van der Waals surface area contributed by atoms with Gasteiger partial charge in [-0.05, 0) is 30.9 Å². The van der Waals surface area contributed by atoms with E-state index in [4.69, 9.17) is 4.74 Å². The molecule has 2 amide bonds. The highest BCUT2D eigenvalue weighted by atomic mass is 16.5. The van der Waals surface area contributed by atoms with Crippen molar-refractivity contribution in [3.05, 3.63) is 35.4 Å². The molecule has 1 fully saturated rings. The van der Waals surface area contributed by atoms with Crippen LogP contribution in [0.2, 0.25) is 0 Å². The molecule has 21 heavy (non-hydrogen) atoms. The smallest absolute Gasteiger partial charge is 0.315 e. The second-order valence-electron chi connectivity index (χ2n) is 5.60. The highest BCUT2D eigenvalue weighted by Crippen LogP contribution is 2.44. The van der Waals surface area contributed by atoms with Crippen LogP contribution in [0.15, 0.2) is 24.3 Å². The molecule has 0 aromatic heterocycles. The number of aliphatic hydroxyl groups excluding tert-OH is 1. The van der Waals surface area contributed by atoms with Crippen molar-refractivity contribution in [2.75, 3.05) is 19.8 Å². The lowest BCUT2D eigenvalue weighted by Gasteiger charge is -2.14. The summed E-state index contributed by atoms with van der Waals surface area (Å²) >= 11 is 0. The minimum atomic E-state index is -0.194. The molecular formula is C16H24N2O3. The molecule has 116 valence electrons. The fourth-order valence-electron chi connectivity index (χ4n) is 2.16. The van der Waals surface area contributed by atoms with Gasteiger partial charge in [0.05, 0.1) is 13.2 Å². The first-order chi connectivity index (χ1) is 10.2. The maximum Gasteiger partial charge on any atom is 0.315 e. The molecule has 1 aromatic carbocycles. The van der Waals surface area contributed by atoms with Crippen LogP contribution < -0.4 is 10.6 Å². The second-order valence-corrected chi connectivity index (χ2v) is 5.60. The molecule has 0 aliphatic heterocycles. The van der Waals surface area contributed by atoms with E-state index in [9.17, 15) is 9.90 Å². The Labute approximate surface area is 125 Å². The molecule has 1 aliphatic carbocycles. The quantitative estimate of drug-likeness (QED) is 0.684. The fraction of sp³-hybridized carbons (Fsp3) is 0.562. The summed E-state index contributed by atoms with van der Waals surface area (Å²) in [5.41, 5.74) is 2.09. The molecule has 1 aliphatic rings. The molecule has 0 unspecified atom stereocenters. The van der Waals surface area contributed by atoms with E-state index in [0.29, 0.717) is 26.3 Å². The predicted molar refractivity (Wildman–Crippen MR) is 80.8 cm³/mol. The number of hydrogen-bond donors (Lipinski definition) is 3. The van der Waals surface area contributed by atoms with Crippen LogP contribution >= 0.6 is 0 Å². The summed E-state index contributed by atoms with van der Waals surface area (Å²) in [6.45, 7) is 4.35. The molecule has 1 aromatic rings. The van der Waals surface area contributed by atoms with Crippen molar-refractivity contribution in [1.82, 2.24) is 10.6 Å². The molecule has 1 saturated carbocycles. The van der Waals surface area contributed by atoms with Gasteiger partial charge in [-0.15, -0.1) is 0 Å². The SMILES string of the molecule is CCOCc1ccccc1CNC(=O)NCC1(CO)CC1. The summed E-state index contributed by atoms with van der Waals surface area (Å²) in [6.07, 6.45) is 1.97. The van der Waals surface area contributed by atoms with E-state index in [1.807, 2.05) is 31.2 Å². The van der Waals surface area contributed by atoms with Crippen molar-refractivity contribution in [3.63, 3.8) is 0 Å². The van der Waals surface area contributed by atoms with Gasteiger partial charge in [-0.3, -0.25) is 0 Å². The topological polar surface area (TPSA) is 70.6 Å². The number of nitrogens with one attached hydrogen (secondary N) is 2. The highest BCUT2D eigenvalue weighted by Gasteiger charge is 2.42. The summed E-state index contributed by atoms with van der Waals surface area (Å²) in [5, 5.41) is 14.9. The van der Waals surface area contributed by atoms with Crippen molar-refractivity contribution in [1.29, 1.82) is 0 Å². The third-order valence-electron chi connectivity index (χ3n) is 3.94. The lowest BCUT2D eigenvalue weighted by molar-refractivity contribution is 0.133. The fourth-order valence-corrected chi connectivity index (χ4v) is 2.16. The zero-order valence-corrected chi connectivity index (χ0v) is 12.5. The molecule has 0 bridgehead atoms. The Morgan fingerprint density at radius 2 is 2.00 bits per heavy atom. The minimum Gasteiger partial charge on any atom is -0.396 e. The standard InChI is InChI=1S/C16H24N2O3/c1-2-21-10-14-6-4-3-5-13(14)9-17-15(20)18-11-16(12-19)7-8-16/h3-6,19H,2,7-12H2,1H3,(H2,17,18,20). The molecule has 0 spiro atoms. The van der Waals surface area contributed by atoms with Crippen LogP contribution in [-0.4, -0.2) is 30.9 Å². The summed E-state index contributed by atoms with van der Waals surface area (Å²) in [6, 6.07) is 7.73. The van der Waals surface area contributed by atoms with Crippen LogP contribution in [0.3, 0.4) is 0 Å². The summed E-state index contributed by atoms with van der Waals surface area (Å²) in [4.78, 5) is 11.8. The number of hydrogen-bond acceptors (Lipinski definition) is 3. The van der Waals surface area contributed by atoms with E-state index in [1.54, 1.807) is 0 Å². The van der Waals surface area contributed by atoms with Gasteiger partial charge in [-0.2, -0.15) is 0 Å². The van der Waals surface area contributed by atoms with Crippen molar-refractivity contribution in [3.8, 4) is 0 Å². The Morgan fingerprint density at radius 1 is 1.29 bits per heavy atom. The van der Waals surface area contributed by atoms with E-state index in [-0.39, 0.29) is 18.1 Å². The normalized spacial score (nSPS) is 15.5. The van der Waals surface area contributed by atoms with Crippen LogP contribution in [0.25, 0.3) is 0 Å². The molecule has 0 atom stereocenters. The predicted octanol–water partition coefficient (Wildman–Crippen LogP) is 1.79. The zero-order valence-electron chi connectivity index (χ0n) is 12.5. The number of carbonyl (C=O) groups is 1. The Kier molecular flexibility index (Phi) is 5.59. The molecule has 0 heterocycles. The van der Waals surface area contributed by atoms with Gasteiger partial charge >= 0.3 is 6.03 Å². The van der Waals surface area contributed by atoms with E-state index >= 15 is 0 Å². The number of urea groups is 1. The Hall–Kier alpha value is -1.59. The van der Waals surface area contributed by atoms with Gasteiger partial charge in [0.2, 0.25) is 0 Å². The number of ether oxygens (including phenoxy) is 1. The molecular weight excluding hydrogens is 268 g/mol. The Morgan fingerprint density at radius 3 is 2.62 bits per heavy atom. The van der Waals surface area contributed by atoms with E-state index < -0.39 is 0 Å². The maximum absolute atomic E-state index is 11.8. The van der Waals surface area contributed by atoms with E-state index in [2.05, 4.69) is 10.6 Å². The third-order valence-corrected chi connectivity index (χ3v) is 3.94. The van der Waals surface area contributed by atoms with Crippen molar-refractivity contribution in [2.45, 2.75) is 32.9 Å². The van der Waals surface area contributed by atoms with Gasteiger partial charge in [0.25, 0.3) is 0 Å². The summed E-state index contributed by atoms with van der Waals surface area (Å²) in [7, 11) is 0. The van der Waals surface area contributed by atoms with E-state index in [1.165, 1.54) is 0 Å². The first kappa shape index (κ1) is 15.8. The number of carbonyl (C=O) groups excluding carboxylic acids is 1. The van der Waals surface area contributed by atoms with Crippen molar-refractivity contribution >= 4 is 6.03 Å². The third kappa shape index (κ3) is 4.72. The molecule has 0 saturated heterocycles. The largest absolute Gasteiger partial charge is 0.396 e. The number of amides is 2. The second kappa shape index (κ2) is 7.43. The number of benzene rings is 1. The first-order valence-electron chi connectivity index (χ1n) is 7.46. The summed E-state index contributed by atoms with van der Waals surface area (Å²) < 4.78 is 5.43. The van der Waals surface area contributed by atoms with Crippen LogP contribution in [0.5, 0.6) is 0 Å². The molecule has 0 radical (unpaired) electrons. The van der Waals surface area contributed by atoms with Gasteiger partial charge in [-0.25, -0.2) is 4.79 Å². The molecule has 2 rings (SSSR count).